The minimum atomic E-state index is 0. The maximum atomic E-state index is 10.5. The van der Waals surface area contributed by atoms with E-state index in [2.05, 4.69) is 84.0 Å². The second-order valence-corrected chi connectivity index (χ2v) is 9.80. The van der Waals surface area contributed by atoms with Crippen molar-refractivity contribution in [2.75, 3.05) is 4.90 Å². The number of phenolic OH excluding ortho intramolecular Hbond substituents is 1. The molecule has 0 bridgehead atoms. The second-order valence-electron chi connectivity index (χ2n) is 9.80. The summed E-state index contributed by atoms with van der Waals surface area (Å²) in [6.07, 6.45) is 1.91. The summed E-state index contributed by atoms with van der Waals surface area (Å²) in [5, 5.41) is 13.7. The van der Waals surface area contributed by atoms with Gasteiger partial charge in [0.2, 0.25) is 0 Å². The van der Waals surface area contributed by atoms with Gasteiger partial charge < -0.3 is 14.6 Å². The molecule has 3 aromatic heterocycles. The van der Waals surface area contributed by atoms with Gasteiger partial charge in [0.1, 0.15) is 22.9 Å². The molecule has 198 valence electrons. The van der Waals surface area contributed by atoms with Crippen molar-refractivity contribution in [2.45, 2.75) is 13.8 Å². The van der Waals surface area contributed by atoms with E-state index in [1.54, 1.807) is 6.07 Å². The molecule has 0 saturated heterocycles. The molecule has 5 nitrogen and oxygen atoms in total. The molecule has 40 heavy (non-hydrogen) atoms. The van der Waals surface area contributed by atoms with Crippen LogP contribution in [0.15, 0.2) is 109 Å². The maximum absolute atomic E-state index is 10.5. The number of aromatic hydroxyl groups is 1. The Morgan fingerprint density at radius 2 is 1.60 bits per heavy atom. The Balaban J connectivity index is 0.00000289. The van der Waals surface area contributed by atoms with Crippen LogP contribution in [-0.4, -0.2) is 19.6 Å². The molecule has 0 aliphatic heterocycles. The Morgan fingerprint density at radius 1 is 0.800 bits per heavy atom. The molecule has 0 atom stereocenters. The summed E-state index contributed by atoms with van der Waals surface area (Å²) in [4.78, 5) is 11.8. The molecule has 6 heteroatoms. The third kappa shape index (κ3) is 4.23. The predicted octanol–water partition coefficient (Wildman–Crippen LogP) is 8.32. The van der Waals surface area contributed by atoms with Gasteiger partial charge in [0.05, 0.1) is 0 Å². The fourth-order valence-corrected chi connectivity index (χ4v) is 5.39. The molecule has 1 N–H and O–H groups in total. The molecule has 0 spiro atoms. The average molecular weight is 701 g/mol. The van der Waals surface area contributed by atoms with Crippen LogP contribution in [0.25, 0.3) is 38.5 Å². The number of hydrogen-bond donors (Lipinski definition) is 1. The third-order valence-corrected chi connectivity index (χ3v) is 7.14. The molecule has 7 aromatic rings. The molecule has 0 radical (unpaired) electrons. The molecule has 0 amide bonds. The number of nitrogens with zero attached hydrogens (tertiary/aromatic N) is 4. The topological polar surface area (TPSA) is 54.2 Å². The van der Waals surface area contributed by atoms with E-state index < -0.39 is 0 Å². The standard InChI is InChI=1S/C34H25N4O.Pt/c1-22-19-23(2)34(35-21-22)38-29-13-7-6-12-27(29)28-17-16-26(20-30(28)38)37(25-10-4-3-5-11-25)32-18-15-24-9-8-14-31(39)33(24)36-32;/h3-19,21,39H,1-2H3;/q-1;. The minimum Gasteiger partial charge on any atom is -0.506 e. The molecular formula is C34H25N4OPt-. The average Bonchev–Trinajstić information content (AvgIpc) is 3.28. The van der Waals surface area contributed by atoms with E-state index in [0.717, 1.165) is 55.5 Å². The van der Waals surface area contributed by atoms with Gasteiger partial charge in [-0.2, -0.15) is 6.07 Å². The molecule has 7 rings (SSSR count). The number of pyridine rings is 2. The zero-order chi connectivity index (χ0) is 26.5. The van der Waals surface area contributed by atoms with Crippen molar-refractivity contribution in [3.05, 3.63) is 127 Å². The zero-order valence-electron chi connectivity index (χ0n) is 21.9. The fourth-order valence-electron chi connectivity index (χ4n) is 5.39. The van der Waals surface area contributed by atoms with Gasteiger partial charge in [-0.05, 0) is 66.8 Å². The molecule has 0 aliphatic carbocycles. The fraction of sp³-hybridized carbons (Fsp3) is 0.0588. The number of benzene rings is 4. The first kappa shape index (κ1) is 25.8. The summed E-state index contributed by atoms with van der Waals surface area (Å²) < 4.78 is 2.20. The van der Waals surface area contributed by atoms with Gasteiger partial charge in [-0.1, -0.05) is 65.8 Å². The van der Waals surface area contributed by atoms with Crippen LogP contribution in [0.3, 0.4) is 0 Å². The van der Waals surface area contributed by atoms with Crippen LogP contribution in [-0.2, 0) is 21.1 Å². The largest absolute Gasteiger partial charge is 0.506 e. The summed E-state index contributed by atoms with van der Waals surface area (Å²) in [5.41, 5.74) is 6.60. The second kappa shape index (κ2) is 10.3. The van der Waals surface area contributed by atoms with E-state index in [-0.39, 0.29) is 26.8 Å². The Kier molecular flexibility index (Phi) is 6.61. The third-order valence-electron chi connectivity index (χ3n) is 7.14. The van der Waals surface area contributed by atoms with E-state index in [4.69, 9.17) is 9.97 Å². The molecule has 0 fully saturated rings. The van der Waals surface area contributed by atoms with E-state index in [1.165, 1.54) is 0 Å². The van der Waals surface area contributed by atoms with Crippen molar-refractivity contribution in [2.24, 2.45) is 0 Å². The molecular weight excluding hydrogens is 675 g/mol. The quantitative estimate of drug-likeness (QED) is 0.188. The zero-order valence-corrected chi connectivity index (χ0v) is 24.2. The van der Waals surface area contributed by atoms with Crippen molar-refractivity contribution < 1.29 is 26.2 Å². The summed E-state index contributed by atoms with van der Waals surface area (Å²) in [6.45, 7) is 4.16. The van der Waals surface area contributed by atoms with Crippen molar-refractivity contribution in [1.82, 2.24) is 14.5 Å². The van der Waals surface area contributed by atoms with Gasteiger partial charge >= 0.3 is 0 Å². The van der Waals surface area contributed by atoms with Crippen LogP contribution in [0.1, 0.15) is 11.1 Å². The summed E-state index contributed by atoms with van der Waals surface area (Å²) in [6, 6.07) is 38.1. The summed E-state index contributed by atoms with van der Waals surface area (Å²) in [7, 11) is 0. The Morgan fingerprint density at radius 3 is 2.42 bits per heavy atom. The van der Waals surface area contributed by atoms with Crippen molar-refractivity contribution >= 4 is 49.9 Å². The van der Waals surface area contributed by atoms with Crippen LogP contribution in [0.5, 0.6) is 5.75 Å². The summed E-state index contributed by atoms with van der Waals surface area (Å²) >= 11 is 0. The summed E-state index contributed by atoms with van der Waals surface area (Å²) in [5.74, 6) is 1.74. The van der Waals surface area contributed by atoms with Crippen molar-refractivity contribution in [1.29, 1.82) is 0 Å². The van der Waals surface area contributed by atoms with Gasteiger partial charge in [-0.25, -0.2) is 9.97 Å². The van der Waals surface area contributed by atoms with Crippen LogP contribution in [0, 0.1) is 19.9 Å². The van der Waals surface area contributed by atoms with Gasteiger partial charge in [-0.15, -0.1) is 17.5 Å². The first-order valence-electron chi connectivity index (χ1n) is 12.9. The Hall–Kier alpha value is -4.47. The molecule has 4 aromatic carbocycles. The molecule has 0 saturated carbocycles. The molecule has 0 unspecified atom stereocenters. The number of para-hydroxylation sites is 3. The van der Waals surface area contributed by atoms with Gasteiger partial charge in [0.15, 0.2) is 0 Å². The number of rotatable bonds is 4. The van der Waals surface area contributed by atoms with E-state index in [1.807, 2.05) is 48.7 Å². The monoisotopic (exact) mass is 700 g/mol. The Bertz CT molecular complexity index is 2020. The number of anilines is 3. The first-order chi connectivity index (χ1) is 19.1. The Labute approximate surface area is 246 Å². The first-order valence-corrected chi connectivity index (χ1v) is 12.9. The van der Waals surface area contributed by atoms with Crippen LogP contribution < -0.4 is 4.90 Å². The SMILES string of the molecule is Cc1cnc(-n2c3[c-]c(N(c4ccccc4)c4ccc5cccc(O)c5n4)ccc3c3ccccc32)c(C)c1.[Pt]. The number of hydrogen-bond acceptors (Lipinski definition) is 4. The number of aromatic nitrogens is 3. The normalized spacial score (nSPS) is 11.2. The molecule has 3 heterocycles. The smallest absolute Gasteiger partial charge is 0.141 e. The van der Waals surface area contributed by atoms with E-state index in [9.17, 15) is 5.11 Å². The van der Waals surface area contributed by atoms with Crippen LogP contribution in [0.2, 0.25) is 0 Å². The molecule has 0 aliphatic rings. The minimum absolute atomic E-state index is 0. The van der Waals surface area contributed by atoms with Crippen molar-refractivity contribution in [3.8, 4) is 11.6 Å². The van der Waals surface area contributed by atoms with Gasteiger partial charge in [0.25, 0.3) is 0 Å². The predicted molar refractivity (Wildman–Crippen MR) is 159 cm³/mol. The van der Waals surface area contributed by atoms with Gasteiger partial charge in [0, 0.05) is 43.9 Å². The van der Waals surface area contributed by atoms with E-state index >= 15 is 0 Å². The van der Waals surface area contributed by atoms with E-state index in [0.29, 0.717) is 11.3 Å². The van der Waals surface area contributed by atoms with Crippen LogP contribution >= 0.6 is 0 Å². The number of phenols is 1. The maximum Gasteiger partial charge on any atom is 0.141 e. The number of aryl methyl sites for hydroxylation is 2. The van der Waals surface area contributed by atoms with Gasteiger partial charge in [-0.3, -0.25) is 0 Å². The number of fused-ring (bicyclic) bond motifs is 4. The van der Waals surface area contributed by atoms with Crippen LogP contribution in [0.4, 0.5) is 17.2 Å². The van der Waals surface area contributed by atoms with Crippen molar-refractivity contribution in [3.63, 3.8) is 0 Å².